The molecule has 1 atom stereocenters. The summed E-state index contributed by atoms with van der Waals surface area (Å²) in [5, 5.41) is 0.157. The van der Waals surface area contributed by atoms with Crippen molar-refractivity contribution >= 4 is 16.6 Å². The molecule has 0 spiro atoms. The molecule has 1 N–H and O–H groups in total. The summed E-state index contributed by atoms with van der Waals surface area (Å²) in [5.74, 6) is 0.837. The van der Waals surface area contributed by atoms with E-state index in [0.29, 0.717) is 0 Å². The lowest BCUT2D eigenvalue weighted by molar-refractivity contribution is 0.272. The van der Waals surface area contributed by atoms with Gasteiger partial charge in [0.05, 0.1) is 0 Å². The van der Waals surface area contributed by atoms with Gasteiger partial charge in [0.15, 0.2) is 0 Å². The van der Waals surface area contributed by atoms with E-state index in [1.54, 1.807) is 0 Å². The van der Waals surface area contributed by atoms with Crippen molar-refractivity contribution < 1.29 is 18.4 Å². The summed E-state index contributed by atoms with van der Waals surface area (Å²) < 4.78 is 21.2. The van der Waals surface area contributed by atoms with Crippen LogP contribution in [-0.2, 0) is 15.7 Å². The Morgan fingerprint density at radius 1 is 1.21 bits per heavy atom. The highest BCUT2D eigenvalue weighted by atomic mass is 31.1. The molecular formula is C13H22O4PSi+. The van der Waals surface area contributed by atoms with E-state index in [0.717, 1.165) is 11.3 Å². The maximum Gasteiger partial charge on any atom is 0.695 e. The lowest BCUT2D eigenvalue weighted by Crippen LogP contribution is -2.43. The second-order valence-electron chi connectivity index (χ2n) is 6.02. The van der Waals surface area contributed by atoms with Crippen LogP contribution in [0.4, 0.5) is 0 Å². The molecule has 0 bridgehead atoms. The van der Waals surface area contributed by atoms with E-state index in [-0.39, 0.29) is 11.6 Å². The maximum absolute atomic E-state index is 10.4. The van der Waals surface area contributed by atoms with Crippen molar-refractivity contribution in [3.05, 3.63) is 29.8 Å². The van der Waals surface area contributed by atoms with Gasteiger partial charge in [-0.3, -0.25) is 0 Å². The quantitative estimate of drug-likeness (QED) is 0.653. The molecule has 1 aromatic carbocycles. The Hall–Kier alpha value is -0.743. The van der Waals surface area contributed by atoms with Crippen molar-refractivity contribution in [1.29, 1.82) is 0 Å². The van der Waals surface area contributed by atoms with Gasteiger partial charge >= 0.3 is 8.25 Å². The van der Waals surface area contributed by atoms with E-state index in [1.165, 1.54) is 0 Å². The van der Waals surface area contributed by atoms with Crippen LogP contribution in [0.2, 0.25) is 18.1 Å². The highest BCUT2D eigenvalue weighted by molar-refractivity contribution is 7.32. The molecule has 0 saturated heterocycles. The molecule has 1 rings (SSSR count). The lowest BCUT2D eigenvalue weighted by Gasteiger charge is -2.36. The van der Waals surface area contributed by atoms with Crippen LogP contribution in [0.15, 0.2) is 24.3 Å². The Morgan fingerprint density at radius 2 is 1.74 bits per heavy atom. The third-order valence-electron chi connectivity index (χ3n) is 3.44. The fourth-order valence-electron chi connectivity index (χ4n) is 1.23. The van der Waals surface area contributed by atoms with Gasteiger partial charge in [-0.1, -0.05) is 32.9 Å². The highest BCUT2D eigenvalue weighted by Gasteiger charge is 2.38. The minimum absolute atomic E-state index is 0.131. The van der Waals surface area contributed by atoms with Crippen LogP contribution in [0.5, 0.6) is 5.75 Å². The standard InChI is InChI=1S/C13H21O4PSi/c1-13(2,3)19(4,5)17-12-8-6-11(7-9-12)10-16-18(14)15/h6-9H,10H2,1-5H3/p+1. The van der Waals surface area contributed by atoms with Gasteiger partial charge in [0, 0.05) is 4.57 Å². The van der Waals surface area contributed by atoms with Crippen LogP contribution >= 0.6 is 8.25 Å². The number of benzene rings is 1. The van der Waals surface area contributed by atoms with Gasteiger partial charge < -0.3 is 4.43 Å². The van der Waals surface area contributed by atoms with Gasteiger partial charge in [-0.2, -0.15) is 0 Å². The Balaban J connectivity index is 2.69. The largest absolute Gasteiger partial charge is 0.695 e. The topological polar surface area (TPSA) is 55.8 Å². The molecule has 0 heterocycles. The minimum Gasteiger partial charge on any atom is -0.544 e. The SMILES string of the molecule is CC(C)(C)[Si](C)(C)Oc1ccc(CO[P+](=O)O)cc1. The van der Waals surface area contributed by atoms with Crippen molar-refractivity contribution in [1.82, 2.24) is 0 Å². The predicted molar refractivity (Wildman–Crippen MR) is 78.9 cm³/mol. The normalized spacial score (nSPS) is 13.3. The molecule has 0 aliphatic rings. The summed E-state index contributed by atoms with van der Waals surface area (Å²) >= 11 is 0. The molecule has 0 fully saturated rings. The molecule has 0 saturated carbocycles. The highest BCUT2D eigenvalue weighted by Crippen LogP contribution is 2.37. The van der Waals surface area contributed by atoms with Crippen molar-refractivity contribution in [3.63, 3.8) is 0 Å². The Morgan fingerprint density at radius 3 is 2.16 bits per heavy atom. The van der Waals surface area contributed by atoms with E-state index in [4.69, 9.17) is 9.32 Å². The molecule has 0 aliphatic heterocycles. The molecule has 0 aromatic heterocycles. The zero-order valence-electron chi connectivity index (χ0n) is 12.1. The van der Waals surface area contributed by atoms with Gasteiger partial charge in [0.1, 0.15) is 12.4 Å². The van der Waals surface area contributed by atoms with Gasteiger partial charge in [-0.05, 0) is 35.8 Å². The fourth-order valence-corrected chi connectivity index (χ4v) is 2.52. The van der Waals surface area contributed by atoms with Crippen LogP contribution < -0.4 is 4.43 Å². The smallest absolute Gasteiger partial charge is 0.544 e. The van der Waals surface area contributed by atoms with Crippen molar-refractivity contribution in [3.8, 4) is 5.75 Å². The second kappa shape index (κ2) is 6.14. The van der Waals surface area contributed by atoms with E-state index in [2.05, 4.69) is 38.4 Å². The molecule has 1 unspecified atom stereocenters. The average Bonchev–Trinajstić information content (AvgIpc) is 2.26. The molecule has 19 heavy (non-hydrogen) atoms. The van der Waals surface area contributed by atoms with Crippen LogP contribution in [0, 0.1) is 0 Å². The first-order valence-corrected chi connectivity index (χ1v) is 10.2. The van der Waals surface area contributed by atoms with Crippen LogP contribution in [0.3, 0.4) is 0 Å². The van der Waals surface area contributed by atoms with Gasteiger partial charge in [0.2, 0.25) is 8.32 Å². The number of hydrogen-bond donors (Lipinski definition) is 1. The molecule has 106 valence electrons. The molecular weight excluding hydrogens is 279 g/mol. The summed E-state index contributed by atoms with van der Waals surface area (Å²) in [7, 11) is -4.36. The van der Waals surface area contributed by atoms with E-state index >= 15 is 0 Å². The summed E-state index contributed by atoms with van der Waals surface area (Å²) in [6, 6.07) is 7.45. The minimum atomic E-state index is -2.54. The Bertz CT molecular complexity index is 437. The summed E-state index contributed by atoms with van der Waals surface area (Å²) in [6.45, 7) is 11.1. The predicted octanol–water partition coefficient (Wildman–Crippen LogP) is 4.24. The Labute approximate surface area is 116 Å². The van der Waals surface area contributed by atoms with Crippen molar-refractivity contribution in [2.45, 2.75) is 45.5 Å². The second-order valence-corrected chi connectivity index (χ2v) is 11.5. The Kier molecular flexibility index (Phi) is 5.27. The van der Waals surface area contributed by atoms with E-state index in [9.17, 15) is 4.57 Å². The zero-order valence-corrected chi connectivity index (χ0v) is 14.0. The number of rotatable bonds is 5. The summed E-state index contributed by atoms with van der Waals surface area (Å²) in [5.41, 5.74) is 0.847. The van der Waals surface area contributed by atoms with Crippen molar-refractivity contribution in [2.75, 3.05) is 0 Å². The van der Waals surface area contributed by atoms with E-state index in [1.807, 2.05) is 24.3 Å². The molecule has 0 aliphatic carbocycles. The third-order valence-corrected chi connectivity index (χ3v) is 8.15. The zero-order chi connectivity index (χ0) is 14.7. The number of hydrogen-bond acceptors (Lipinski definition) is 3. The first-order chi connectivity index (χ1) is 8.62. The average molecular weight is 301 g/mol. The molecule has 0 radical (unpaired) electrons. The molecule has 6 heteroatoms. The van der Waals surface area contributed by atoms with Crippen LogP contribution in [-0.4, -0.2) is 13.2 Å². The van der Waals surface area contributed by atoms with Crippen molar-refractivity contribution in [2.24, 2.45) is 0 Å². The first kappa shape index (κ1) is 16.3. The maximum atomic E-state index is 10.4. The molecule has 1 aromatic rings. The first-order valence-electron chi connectivity index (χ1n) is 6.19. The van der Waals surface area contributed by atoms with E-state index < -0.39 is 16.6 Å². The summed E-state index contributed by atoms with van der Waals surface area (Å²) in [4.78, 5) is 8.58. The molecule has 0 amide bonds. The van der Waals surface area contributed by atoms with Gasteiger partial charge in [-0.25, -0.2) is 0 Å². The summed E-state index contributed by atoms with van der Waals surface area (Å²) in [6.07, 6.45) is 0. The van der Waals surface area contributed by atoms with Gasteiger partial charge in [0.25, 0.3) is 0 Å². The monoisotopic (exact) mass is 301 g/mol. The van der Waals surface area contributed by atoms with Crippen LogP contribution in [0.1, 0.15) is 26.3 Å². The van der Waals surface area contributed by atoms with Crippen LogP contribution in [0.25, 0.3) is 0 Å². The van der Waals surface area contributed by atoms with Gasteiger partial charge in [-0.15, -0.1) is 9.42 Å². The lowest BCUT2D eigenvalue weighted by atomic mass is 10.2. The third kappa shape index (κ3) is 5.03. The molecule has 4 nitrogen and oxygen atoms in total. The fraction of sp³-hybridized carbons (Fsp3) is 0.538.